The molecule has 0 radical (unpaired) electrons. The molecule has 2 aromatic heterocycles. The lowest BCUT2D eigenvalue weighted by Gasteiger charge is -2.29. The van der Waals surface area contributed by atoms with Gasteiger partial charge in [0.05, 0.1) is 12.6 Å². The topological polar surface area (TPSA) is 61.9 Å². The van der Waals surface area contributed by atoms with Crippen LogP contribution in [0.2, 0.25) is 5.02 Å². The molecule has 5 nitrogen and oxygen atoms in total. The molecule has 0 saturated heterocycles. The van der Waals surface area contributed by atoms with Crippen LogP contribution in [0.15, 0.2) is 30.6 Å². The van der Waals surface area contributed by atoms with Crippen molar-refractivity contribution in [1.29, 1.82) is 0 Å². The maximum atomic E-state index is 12.6. The van der Waals surface area contributed by atoms with Gasteiger partial charge in [-0.3, -0.25) is 9.89 Å². The van der Waals surface area contributed by atoms with Crippen molar-refractivity contribution < 1.29 is 4.79 Å². The summed E-state index contributed by atoms with van der Waals surface area (Å²) in [6.45, 7) is 3.28. The van der Waals surface area contributed by atoms with Gasteiger partial charge >= 0.3 is 0 Å². The number of hydrogen-bond donors (Lipinski definition) is 1. The zero-order valence-electron chi connectivity index (χ0n) is 13.3. The first-order chi connectivity index (χ1) is 11.6. The van der Waals surface area contributed by atoms with Crippen LogP contribution in [-0.2, 0) is 24.2 Å². The van der Waals surface area contributed by atoms with Gasteiger partial charge < -0.3 is 4.90 Å². The average Bonchev–Trinajstić information content (AvgIpc) is 3.06. The van der Waals surface area contributed by atoms with Crippen molar-refractivity contribution in [1.82, 2.24) is 20.1 Å². The van der Waals surface area contributed by atoms with E-state index < -0.39 is 0 Å². The predicted octanol–water partition coefficient (Wildman–Crippen LogP) is 3.05. The Balaban J connectivity index is 1.53. The van der Waals surface area contributed by atoms with Crippen molar-refractivity contribution in [2.45, 2.75) is 26.3 Å². The SMILES string of the molecule is Cc1cc(CC(=O)N2CCc3c(cnc4[nH]ncc34)C2)ccc1Cl. The highest BCUT2D eigenvalue weighted by atomic mass is 35.5. The zero-order valence-corrected chi connectivity index (χ0v) is 14.1. The molecular weight excluding hydrogens is 324 g/mol. The minimum Gasteiger partial charge on any atom is -0.338 e. The normalized spacial score (nSPS) is 14.0. The third kappa shape index (κ3) is 2.65. The van der Waals surface area contributed by atoms with E-state index in [0.717, 1.165) is 45.7 Å². The Kier molecular flexibility index (Phi) is 3.73. The van der Waals surface area contributed by atoms with Crippen molar-refractivity contribution in [2.75, 3.05) is 6.54 Å². The molecule has 122 valence electrons. The summed E-state index contributed by atoms with van der Waals surface area (Å²) in [5, 5.41) is 8.74. The van der Waals surface area contributed by atoms with Crippen molar-refractivity contribution in [3.05, 3.63) is 57.9 Å². The van der Waals surface area contributed by atoms with E-state index in [1.165, 1.54) is 5.56 Å². The number of nitrogens with one attached hydrogen (secondary N) is 1. The first kappa shape index (κ1) is 15.1. The number of pyridine rings is 1. The highest BCUT2D eigenvalue weighted by Gasteiger charge is 2.23. The highest BCUT2D eigenvalue weighted by molar-refractivity contribution is 6.31. The summed E-state index contributed by atoms with van der Waals surface area (Å²) in [7, 11) is 0. The second-order valence-corrected chi connectivity index (χ2v) is 6.63. The lowest BCUT2D eigenvalue weighted by atomic mass is 9.98. The number of carbonyl (C=O) groups excluding carboxylic acids is 1. The quantitative estimate of drug-likeness (QED) is 0.780. The Hall–Kier alpha value is -2.40. The number of fused-ring (bicyclic) bond motifs is 3. The standard InChI is InChI=1S/C18H17ClN4O/c1-11-6-12(2-3-16(11)19)7-17(24)23-5-4-14-13(10-23)8-20-18-15(14)9-21-22-18/h2-3,6,8-9H,4-5,7,10H2,1H3,(H,20,21,22). The van der Waals surface area contributed by atoms with Crippen LogP contribution in [0.25, 0.3) is 11.0 Å². The number of rotatable bonds is 2. The third-order valence-electron chi connectivity index (χ3n) is 4.60. The molecule has 24 heavy (non-hydrogen) atoms. The molecule has 1 aromatic carbocycles. The van der Waals surface area contributed by atoms with Crippen molar-refractivity contribution >= 4 is 28.5 Å². The van der Waals surface area contributed by atoms with E-state index in [9.17, 15) is 4.79 Å². The highest BCUT2D eigenvalue weighted by Crippen LogP contribution is 2.25. The van der Waals surface area contributed by atoms with Crippen LogP contribution in [0.1, 0.15) is 22.3 Å². The second-order valence-electron chi connectivity index (χ2n) is 6.22. The number of H-pyrrole nitrogens is 1. The number of aromatic nitrogens is 3. The van der Waals surface area contributed by atoms with E-state index in [1.807, 2.05) is 42.4 Å². The minimum atomic E-state index is 0.134. The van der Waals surface area contributed by atoms with E-state index in [0.29, 0.717) is 13.0 Å². The van der Waals surface area contributed by atoms with Gasteiger partial charge in [0.15, 0.2) is 5.65 Å². The summed E-state index contributed by atoms with van der Waals surface area (Å²) < 4.78 is 0. The van der Waals surface area contributed by atoms with E-state index in [1.54, 1.807) is 0 Å². The van der Waals surface area contributed by atoms with Gasteiger partial charge in [0.2, 0.25) is 5.91 Å². The number of halogens is 1. The van der Waals surface area contributed by atoms with Gasteiger partial charge in [-0.1, -0.05) is 23.7 Å². The summed E-state index contributed by atoms with van der Waals surface area (Å²) >= 11 is 6.05. The third-order valence-corrected chi connectivity index (χ3v) is 5.03. The Morgan fingerprint density at radius 1 is 1.38 bits per heavy atom. The number of aryl methyl sites for hydroxylation is 1. The number of aromatic amines is 1. The van der Waals surface area contributed by atoms with E-state index >= 15 is 0 Å². The molecule has 0 spiro atoms. The zero-order chi connectivity index (χ0) is 16.7. The van der Waals surface area contributed by atoms with Gasteiger partial charge in [-0.15, -0.1) is 0 Å². The molecular formula is C18H17ClN4O. The lowest BCUT2D eigenvalue weighted by Crippen LogP contribution is -2.37. The summed E-state index contributed by atoms with van der Waals surface area (Å²) in [6, 6.07) is 5.75. The molecule has 1 N–H and O–H groups in total. The molecule has 0 unspecified atom stereocenters. The summed E-state index contributed by atoms with van der Waals surface area (Å²) in [4.78, 5) is 18.9. The van der Waals surface area contributed by atoms with E-state index in [-0.39, 0.29) is 5.91 Å². The fourth-order valence-corrected chi connectivity index (χ4v) is 3.39. The maximum Gasteiger partial charge on any atom is 0.227 e. The second kappa shape index (κ2) is 5.91. The summed E-state index contributed by atoms with van der Waals surface area (Å²) in [5.41, 5.74) is 5.16. The summed E-state index contributed by atoms with van der Waals surface area (Å²) in [6.07, 6.45) is 4.89. The van der Waals surface area contributed by atoms with Crippen molar-refractivity contribution in [2.24, 2.45) is 0 Å². The molecule has 1 aliphatic rings. The minimum absolute atomic E-state index is 0.134. The largest absolute Gasteiger partial charge is 0.338 e. The molecule has 6 heteroatoms. The monoisotopic (exact) mass is 340 g/mol. The molecule has 4 rings (SSSR count). The number of nitrogens with zero attached hydrogens (tertiary/aromatic N) is 3. The smallest absolute Gasteiger partial charge is 0.227 e. The van der Waals surface area contributed by atoms with Crippen molar-refractivity contribution in [3.8, 4) is 0 Å². The van der Waals surface area contributed by atoms with Crippen LogP contribution in [0.4, 0.5) is 0 Å². The van der Waals surface area contributed by atoms with Gasteiger partial charge in [0, 0.05) is 29.7 Å². The van der Waals surface area contributed by atoms with Gasteiger partial charge in [0.1, 0.15) is 0 Å². The van der Waals surface area contributed by atoms with Crippen LogP contribution in [-0.4, -0.2) is 32.5 Å². The molecule has 0 saturated carbocycles. The fourth-order valence-electron chi connectivity index (χ4n) is 3.27. The Morgan fingerprint density at radius 3 is 3.08 bits per heavy atom. The molecule has 0 bridgehead atoms. The van der Waals surface area contributed by atoms with E-state index in [4.69, 9.17) is 11.6 Å². The van der Waals surface area contributed by atoms with Crippen molar-refractivity contribution in [3.63, 3.8) is 0 Å². The molecule has 0 fully saturated rings. The number of benzene rings is 1. The number of hydrogen-bond acceptors (Lipinski definition) is 3. The van der Waals surface area contributed by atoms with Gasteiger partial charge in [-0.2, -0.15) is 5.10 Å². The molecule has 0 atom stereocenters. The van der Waals surface area contributed by atoms with Crippen LogP contribution in [0.3, 0.4) is 0 Å². The van der Waals surface area contributed by atoms with Crippen LogP contribution in [0, 0.1) is 6.92 Å². The first-order valence-electron chi connectivity index (χ1n) is 7.94. The fraction of sp³-hybridized carbons (Fsp3) is 0.278. The molecule has 1 amide bonds. The number of amides is 1. The Labute approximate surface area is 144 Å². The maximum absolute atomic E-state index is 12.6. The molecule has 3 heterocycles. The molecule has 1 aliphatic heterocycles. The van der Waals surface area contributed by atoms with Gasteiger partial charge in [-0.25, -0.2) is 4.98 Å². The number of carbonyl (C=O) groups is 1. The van der Waals surface area contributed by atoms with Crippen LogP contribution < -0.4 is 0 Å². The Morgan fingerprint density at radius 2 is 2.25 bits per heavy atom. The first-order valence-corrected chi connectivity index (χ1v) is 8.32. The predicted molar refractivity (Wildman–Crippen MR) is 92.9 cm³/mol. The van der Waals surface area contributed by atoms with E-state index in [2.05, 4.69) is 15.2 Å². The van der Waals surface area contributed by atoms with Crippen LogP contribution in [0.5, 0.6) is 0 Å². The molecule has 0 aliphatic carbocycles. The average molecular weight is 341 g/mol. The lowest BCUT2D eigenvalue weighted by molar-refractivity contribution is -0.131. The molecule has 3 aromatic rings. The van der Waals surface area contributed by atoms with Crippen LogP contribution >= 0.6 is 11.6 Å². The van der Waals surface area contributed by atoms with Gasteiger partial charge in [-0.05, 0) is 41.7 Å². The Bertz CT molecular complexity index is 934. The van der Waals surface area contributed by atoms with Gasteiger partial charge in [0.25, 0.3) is 0 Å². The summed E-state index contributed by atoms with van der Waals surface area (Å²) in [5.74, 6) is 0.134.